The highest BCUT2D eigenvalue weighted by molar-refractivity contribution is 5.74. The van der Waals surface area contributed by atoms with Crippen LogP contribution in [0, 0.1) is 0 Å². The fourth-order valence-corrected chi connectivity index (χ4v) is 9.73. The summed E-state index contributed by atoms with van der Waals surface area (Å²) in [5.74, 6) is -2.41. The van der Waals surface area contributed by atoms with E-state index in [9.17, 15) is 101 Å². The zero-order valence-corrected chi connectivity index (χ0v) is 40.9. The van der Waals surface area contributed by atoms with Gasteiger partial charge in [-0.2, -0.15) is 0 Å². The number of rotatable bonds is 19. The van der Waals surface area contributed by atoms with E-state index in [1.54, 1.807) is 0 Å². The molecule has 0 aromatic rings. The lowest BCUT2D eigenvalue weighted by Gasteiger charge is -2.51. The van der Waals surface area contributed by atoms with Gasteiger partial charge in [0.25, 0.3) is 0 Å². The van der Waals surface area contributed by atoms with E-state index in [4.69, 9.17) is 52.1 Å². The third kappa shape index (κ3) is 13.5. The fourth-order valence-electron chi connectivity index (χ4n) is 9.73. The SMILES string of the molecule is CC(=O)N[C@@H]1[C@@H](O)[C@H](O[C@@H]2O[C@H](CO)[C@H](O)[C@H](O[C@@H]3O[C@H](CO)[C@@H](O[C@@H]4O[C@H](CO)[C@H](O)[C@H](O[C@@H]5O[C@H](CO)[C@@H](O[C@@H]6O[C@H](CO)[C@H](O)[C@H](O)[C@H]6O)[C@H](O)[C@H]5NC(C)=O)[C@H]4O)[C@H](O)[C@H]3NC(C)=O)[C@H]2O)[C@@H](CO)O[C@H]1O. The molecule has 34 nitrogen and oxygen atoms in total. The number of hydrogen-bond acceptors (Lipinski definition) is 31. The number of amides is 3. The predicted molar refractivity (Wildman–Crippen MR) is 234 cm³/mol. The molecule has 0 aromatic heterocycles. The summed E-state index contributed by atoms with van der Waals surface area (Å²) < 4.78 is 63.0. The number of ether oxygens (including phenoxy) is 11. The largest absolute Gasteiger partial charge is 0.394 e. The first kappa shape index (κ1) is 62.5. The average molecular weight is 1110 g/mol. The summed E-state index contributed by atoms with van der Waals surface area (Å²) in [7, 11) is 0. The van der Waals surface area contributed by atoms with Crippen molar-refractivity contribution in [3.63, 3.8) is 0 Å². The van der Waals surface area contributed by atoms with Gasteiger partial charge in [0, 0.05) is 20.8 Å². The molecule has 0 aromatic carbocycles. The maximum atomic E-state index is 12.6. The highest BCUT2D eigenvalue weighted by Gasteiger charge is 2.58. The fraction of sp³-hybridized carbons (Fsp3) is 0.929. The van der Waals surface area contributed by atoms with Crippen LogP contribution in [0.25, 0.3) is 0 Å². The lowest BCUT2D eigenvalue weighted by atomic mass is 9.93. The van der Waals surface area contributed by atoms with E-state index >= 15 is 0 Å². The van der Waals surface area contributed by atoms with Crippen molar-refractivity contribution in [3.8, 4) is 0 Å². The molecule has 76 heavy (non-hydrogen) atoms. The summed E-state index contributed by atoms with van der Waals surface area (Å²) in [6, 6.07) is -5.08. The molecule has 3 amide bonds. The van der Waals surface area contributed by atoms with Gasteiger partial charge in [-0.3, -0.25) is 14.4 Å². The highest BCUT2D eigenvalue weighted by atomic mass is 16.8. The number of carbonyl (C=O) groups is 3. The molecule has 0 saturated carbocycles. The van der Waals surface area contributed by atoms with Crippen molar-refractivity contribution in [2.24, 2.45) is 0 Å². The molecule has 0 aliphatic carbocycles. The smallest absolute Gasteiger partial charge is 0.217 e. The first-order chi connectivity index (χ1) is 35.9. The van der Waals surface area contributed by atoms with Crippen molar-refractivity contribution < 1.29 is 153 Å². The van der Waals surface area contributed by atoms with E-state index in [-0.39, 0.29) is 0 Å². The Labute approximate surface area is 431 Å². The average Bonchev–Trinajstić information content (AvgIpc) is 3.38. The van der Waals surface area contributed by atoms with Crippen LogP contribution >= 0.6 is 0 Å². The Morgan fingerprint density at radius 1 is 0.316 bits per heavy atom. The Bertz CT molecular complexity index is 1870. The third-order valence-electron chi connectivity index (χ3n) is 13.6. The molecule has 0 radical (unpaired) electrons. The molecule has 6 saturated heterocycles. The second kappa shape index (κ2) is 27.2. The van der Waals surface area contributed by atoms with Gasteiger partial charge in [-0.25, -0.2) is 0 Å². The first-order valence-corrected chi connectivity index (χ1v) is 24.1. The number of hydrogen-bond donors (Lipinski definition) is 20. The van der Waals surface area contributed by atoms with Crippen LogP contribution in [0.4, 0.5) is 0 Å². The highest BCUT2D eigenvalue weighted by Crippen LogP contribution is 2.37. The second-order valence-electron chi connectivity index (χ2n) is 19.0. The number of aliphatic hydroxyl groups excluding tert-OH is 17. The Morgan fingerprint density at radius 3 is 0.934 bits per heavy atom. The van der Waals surface area contributed by atoms with E-state index in [0.717, 1.165) is 20.8 Å². The van der Waals surface area contributed by atoms with E-state index in [1.165, 1.54) is 0 Å². The summed E-state index contributed by atoms with van der Waals surface area (Å²) in [6.45, 7) is -2.75. The minimum Gasteiger partial charge on any atom is -0.394 e. The lowest BCUT2D eigenvalue weighted by Crippen LogP contribution is -2.71. The molecular weight excluding hydrogens is 1040 g/mol. The van der Waals surface area contributed by atoms with Gasteiger partial charge in [-0.15, -0.1) is 0 Å². The number of aliphatic hydroxyl groups is 17. The van der Waals surface area contributed by atoms with Crippen molar-refractivity contribution in [3.05, 3.63) is 0 Å². The zero-order chi connectivity index (χ0) is 56.2. The molecule has 34 heteroatoms. The van der Waals surface area contributed by atoms with Gasteiger partial charge in [-0.05, 0) is 0 Å². The Balaban J connectivity index is 1.21. The summed E-state index contributed by atoms with van der Waals surface area (Å²) in [5.41, 5.74) is 0. The minimum atomic E-state index is -2.22. The molecule has 440 valence electrons. The van der Waals surface area contributed by atoms with Crippen LogP contribution < -0.4 is 16.0 Å². The van der Waals surface area contributed by atoms with Gasteiger partial charge >= 0.3 is 0 Å². The molecule has 6 fully saturated rings. The topological polar surface area (TPSA) is 533 Å². The molecule has 6 aliphatic heterocycles. The Morgan fingerprint density at radius 2 is 0.592 bits per heavy atom. The van der Waals surface area contributed by atoms with Crippen LogP contribution in [0.1, 0.15) is 20.8 Å². The number of nitrogens with one attached hydrogen (secondary N) is 3. The van der Waals surface area contributed by atoms with Gasteiger partial charge in [-0.1, -0.05) is 0 Å². The molecule has 6 rings (SSSR count). The van der Waals surface area contributed by atoms with Crippen molar-refractivity contribution in [1.82, 2.24) is 16.0 Å². The van der Waals surface area contributed by atoms with E-state index in [0.29, 0.717) is 0 Å². The van der Waals surface area contributed by atoms with Gasteiger partial charge in [0.2, 0.25) is 17.7 Å². The van der Waals surface area contributed by atoms with Crippen molar-refractivity contribution in [1.29, 1.82) is 0 Å². The van der Waals surface area contributed by atoms with Gasteiger partial charge in [0.05, 0.1) is 39.6 Å². The maximum absolute atomic E-state index is 12.6. The lowest BCUT2D eigenvalue weighted by molar-refractivity contribution is -0.385. The van der Waals surface area contributed by atoms with E-state index in [1.807, 2.05) is 0 Å². The molecule has 30 atom stereocenters. The monoisotopic (exact) mass is 1110 g/mol. The molecular formula is C42H71N3O31. The number of carbonyl (C=O) groups excluding carboxylic acids is 3. The van der Waals surface area contributed by atoms with Gasteiger partial charge < -0.3 is 155 Å². The molecule has 0 spiro atoms. The summed E-state index contributed by atoms with van der Waals surface area (Å²) >= 11 is 0. The Hall–Kier alpha value is -2.71. The molecule has 0 bridgehead atoms. The van der Waals surface area contributed by atoms with Crippen LogP contribution in [0.3, 0.4) is 0 Å². The van der Waals surface area contributed by atoms with Crippen LogP contribution in [0.15, 0.2) is 0 Å². The summed E-state index contributed by atoms with van der Waals surface area (Å²) in [4.78, 5) is 36.9. The van der Waals surface area contributed by atoms with Gasteiger partial charge in [0.15, 0.2) is 37.7 Å². The third-order valence-corrected chi connectivity index (χ3v) is 13.6. The molecule has 0 unspecified atom stereocenters. The molecule has 6 heterocycles. The first-order valence-electron chi connectivity index (χ1n) is 24.1. The van der Waals surface area contributed by atoms with Crippen LogP contribution in [-0.4, -0.2) is 328 Å². The predicted octanol–water partition coefficient (Wildman–Crippen LogP) is -13.7. The molecule has 20 N–H and O–H groups in total. The van der Waals surface area contributed by atoms with Gasteiger partial charge in [0.1, 0.15) is 146 Å². The zero-order valence-electron chi connectivity index (χ0n) is 40.9. The van der Waals surface area contributed by atoms with Crippen LogP contribution in [0.2, 0.25) is 0 Å². The minimum absolute atomic E-state index is 0.713. The van der Waals surface area contributed by atoms with Crippen molar-refractivity contribution in [2.45, 2.75) is 205 Å². The van der Waals surface area contributed by atoms with Crippen LogP contribution in [-0.2, 0) is 66.5 Å². The van der Waals surface area contributed by atoms with Crippen LogP contribution in [0.5, 0.6) is 0 Å². The Kier molecular flexibility index (Phi) is 22.3. The standard InChI is InChI=1S/C42H71N3O31/c1-10(52)43-19-25(58)32(16(7-49)66-37(19)65)73-41-30(63)35(23(56)14(5-47)68-41)75-39-21(45-12(3)54)27(60)34(18(9-51)71-39)74-42-31(64)36(24(57)15(6-48)69-42)76-38-20(44-11(2)53)26(59)33(17(8-50)70-38)72-40-29(62)28(61)22(55)13(4-46)67-40/h13-42,46-51,55-65H,4-9H2,1-3H3,(H,43,52)(H,44,53)(H,45,54)/t13-,14-,15-,16-,17-,18-,19-,20-,21-,22+,23+,24+,25-,26-,27-,28+,29-,30-,31-,32-,33-,34-,35+,36+,37-,38+,39+,40+,41+,42+/m1/s1. The second-order valence-corrected chi connectivity index (χ2v) is 19.0. The summed E-state index contributed by atoms with van der Waals surface area (Å²) in [5, 5.41) is 190. The normalized spacial score (nSPS) is 48.2. The van der Waals surface area contributed by atoms with E-state index in [2.05, 4.69) is 16.0 Å². The van der Waals surface area contributed by atoms with Crippen molar-refractivity contribution >= 4 is 17.7 Å². The maximum Gasteiger partial charge on any atom is 0.217 e. The summed E-state index contributed by atoms with van der Waals surface area (Å²) in [6.07, 6.45) is -50.9. The van der Waals surface area contributed by atoms with Crippen molar-refractivity contribution in [2.75, 3.05) is 39.6 Å². The van der Waals surface area contributed by atoms with E-state index < -0.39 is 241 Å². The molecule has 6 aliphatic rings. The quantitative estimate of drug-likeness (QED) is 0.0571.